The van der Waals surface area contributed by atoms with Gasteiger partial charge in [-0.2, -0.15) is 0 Å². The van der Waals surface area contributed by atoms with Gasteiger partial charge in [0.2, 0.25) is 0 Å². The average molecular weight is 444 g/mol. The molecular formula is C26H53NO4. The van der Waals surface area contributed by atoms with Crippen LogP contribution in [0.15, 0.2) is 0 Å². The zero-order chi connectivity index (χ0) is 23.0. The molecule has 0 aliphatic carbocycles. The number of hydrogen-bond donors (Lipinski definition) is 1. The summed E-state index contributed by atoms with van der Waals surface area (Å²) in [5.74, 6) is -0.213. The van der Waals surface area contributed by atoms with E-state index in [-0.39, 0.29) is 25.3 Å². The fourth-order valence-corrected chi connectivity index (χ4v) is 3.83. The van der Waals surface area contributed by atoms with Crippen LogP contribution in [0, 0.1) is 0 Å². The van der Waals surface area contributed by atoms with Gasteiger partial charge in [0.05, 0.1) is 0 Å². The first-order valence-corrected chi connectivity index (χ1v) is 13.2. The SMILES string of the molecule is CCCCCCCCCC(CCCCCCC)OC(=O)COCCCN(C)CCCO. The molecule has 0 saturated heterocycles. The molecule has 1 unspecified atom stereocenters. The molecule has 1 N–H and O–H groups in total. The van der Waals surface area contributed by atoms with Crippen LogP contribution < -0.4 is 0 Å². The summed E-state index contributed by atoms with van der Waals surface area (Å²) in [6.45, 7) is 7.14. The first-order valence-electron chi connectivity index (χ1n) is 13.2. The summed E-state index contributed by atoms with van der Waals surface area (Å²) in [4.78, 5) is 14.4. The van der Waals surface area contributed by atoms with Crippen LogP contribution in [-0.4, -0.2) is 62.0 Å². The molecule has 0 radical (unpaired) electrons. The van der Waals surface area contributed by atoms with Crippen LogP contribution in [0.3, 0.4) is 0 Å². The van der Waals surface area contributed by atoms with Crippen LogP contribution in [-0.2, 0) is 14.3 Å². The number of aliphatic hydroxyl groups excluding tert-OH is 1. The largest absolute Gasteiger partial charge is 0.461 e. The Morgan fingerprint density at radius 3 is 1.84 bits per heavy atom. The van der Waals surface area contributed by atoms with Gasteiger partial charge in [0, 0.05) is 26.3 Å². The van der Waals surface area contributed by atoms with Gasteiger partial charge in [0.15, 0.2) is 0 Å². The maximum Gasteiger partial charge on any atom is 0.332 e. The Labute approximate surface area is 193 Å². The first-order chi connectivity index (χ1) is 15.1. The molecule has 0 aliphatic rings. The summed E-state index contributed by atoms with van der Waals surface area (Å²) in [5.41, 5.74) is 0. The van der Waals surface area contributed by atoms with Crippen LogP contribution in [0.25, 0.3) is 0 Å². The van der Waals surface area contributed by atoms with Gasteiger partial charge in [-0.05, 0) is 45.6 Å². The van der Waals surface area contributed by atoms with Gasteiger partial charge in [-0.15, -0.1) is 0 Å². The van der Waals surface area contributed by atoms with E-state index in [4.69, 9.17) is 14.6 Å². The highest BCUT2D eigenvalue weighted by molar-refractivity contribution is 5.70. The molecule has 0 aromatic heterocycles. The van der Waals surface area contributed by atoms with Gasteiger partial charge in [-0.1, -0.05) is 78.1 Å². The lowest BCUT2D eigenvalue weighted by Gasteiger charge is -2.18. The number of esters is 1. The maximum absolute atomic E-state index is 12.2. The molecule has 0 saturated carbocycles. The lowest BCUT2D eigenvalue weighted by atomic mass is 10.0. The molecule has 0 fully saturated rings. The van der Waals surface area contributed by atoms with Crippen LogP contribution in [0.2, 0.25) is 0 Å². The number of aliphatic hydroxyl groups is 1. The third-order valence-electron chi connectivity index (χ3n) is 5.80. The molecule has 0 amide bonds. The molecule has 5 nitrogen and oxygen atoms in total. The first kappa shape index (κ1) is 30.4. The van der Waals surface area contributed by atoms with Gasteiger partial charge in [0.1, 0.15) is 12.7 Å². The van der Waals surface area contributed by atoms with Crippen molar-refractivity contribution in [1.29, 1.82) is 0 Å². The molecule has 186 valence electrons. The minimum atomic E-state index is -0.213. The van der Waals surface area contributed by atoms with Crippen LogP contribution in [0.1, 0.15) is 117 Å². The Balaban J connectivity index is 4.02. The Morgan fingerprint density at radius 1 is 0.774 bits per heavy atom. The smallest absolute Gasteiger partial charge is 0.332 e. The van der Waals surface area contributed by atoms with Gasteiger partial charge in [-0.3, -0.25) is 0 Å². The minimum Gasteiger partial charge on any atom is -0.461 e. The van der Waals surface area contributed by atoms with Gasteiger partial charge in [-0.25, -0.2) is 4.79 Å². The molecule has 5 heteroatoms. The summed E-state index contributed by atoms with van der Waals surface area (Å²) in [6.07, 6.45) is 18.9. The van der Waals surface area contributed by atoms with E-state index in [1.54, 1.807) is 0 Å². The second-order valence-corrected chi connectivity index (χ2v) is 9.01. The third-order valence-corrected chi connectivity index (χ3v) is 5.80. The van der Waals surface area contributed by atoms with E-state index in [0.717, 1.165) is 51.6 Å². The lowest BCUT2D eigenvalue weighted by molar-refractivity contribution is -0.155. The molecule has 0 spiro atoms. The molecule has 0 aromatic carbocycles. The van der Waals surface area contributed by atoms with Gasteiger partial charge >= 0.3 is 5.97 Å². The highest BCUT2D eigenvalue weighted by Gasteiger charge is 2.14. The topological polar surface area (TPSA) is 59.0 Å². The molecule has 0 aliphatic heterocycles. The highest BCUT2D eigenvalue weighted by atomic mass is 16.6. The number of carbonyl (C=O) groups excluding carboxylic acids is 1. The van der Waals surface area contributed by atoms with E-state index < -0.39 is 0 Å². The van der Waals surface area contributed by atoms with Crippen molar-refractivity contribution in [2.75, 3.05) is 40.0 Å². The van der Waals surface area contributed by atoms with E-state index >= 15 is 0 Å². The van der Waals surface area contributed by atoms with E-state index in [2.05, 4.69) is 18.7 Å². The fourth-order valence-electron chi connectivity index (χ4n) is 3.83. The molecule has 0 rings (SSSR count). The van der Waals surface area contributed by atoms with Crippen molar-refractivity contribution < 1.29 is 19.4 Å². The lowest BCUT2D eigenvalue weighted by Crippen LogP contribution is -2.24. The van der Waals surface area contributed by atoms with E-state index in [9.17, 15) is 4.79 Å². The van der Waals surface area contributed by atoms with Crippen molar-refractivity contribution in [2.24, 2.45) is 0 Å². The summed E-state index contributed by atoms with van der Waals surface area (Å²) < 4.78 is 11.3. The predicted octanol–water partition coefficient (Wildman–Crippen LogP) is 6.12. The Kier molecular flexibility index (Phi) is 23.5. The number of ether oxygens (including phenoxy) is 2. The zero-order valence-electron chi connectivity index (χ0n) is 21.0. The predicted molar refractivity (Wildman–Crippen MR) is 131 cm³/mol. The Hall–Kier alpha value is -0.650. The van der Waals surface area contributed by atoms with E-state index in [1.807, 2.05) is 7.05 Å². The molecule has 0 bridgehead atoms. The number of unbranched alkanes of at least 4 members (excludes halogenated alkanes) is 10. The summed E-state index contributed by atoms with van der Waals surface area (Å²) in [7, 11) is 2.04. The van der Waals surface area contributed by atoms with Crippen molar-refractivity contribution in [2.45, 2.75) is 123 Å². The van der Waals surface area contributed by atoms with Crippen molar-refractivity contribution in [3.8, 4) is 0 Å². The second kappa shape index (κ2) is 24.0. The number of hydrogen-bond acceptors (Lipinski definition) is 5. The Morgan fingerprint density at radius 2 is 1.29 bits per heavy atom. The summed E-state index contributed by atoms with van der Waals surface area (Å²) >= 11 is 0. The van der Waals surface area contributed by atoms with Crippen LogP contribution in [0.5, 0.6) is 0 Å². The number of rotatable bonds is 24. The minimum absolute atomic E-state index is 0.0537. The van der Waals surface area contributed by atoms with Gasteiger partial charge in [0.25, 0.3) is 0 Å². The van der Waals surface area contributed by atoms with Crippen molar-refractivity contribution in [3.05, 3.63) is 0 Å². The average Bonchev–Trinajstić information content (AvgIpc) is 2.76. The maximum atomic E-state index is 12.2. The molecule has 31 heavy (non-hydrogen) atoms. The summed E-state index contributed by atoms with van der Waals surface area (Å²) in [6, 6.07) is 0. The second-order valence-electron chi connectivity index (χ2n) is 9.01. The molecule has 0 heterocycles. The standard InChI is InChI=1S/C26H53NO4/c1-4-6-8-10-11-13-15-19-25(18-14-12-9-7-5-2)31-26(29)24-30-23-17-21-27(3)20-16-22-28/h25,28H,4-24H2,1-3H3. The molecular weight excluding hydrogens is 390 g/mol. The molecule has 0 aromatic rings. The van der Waals surface area contributed by atoms with E-state index in [1.165, 1.54) is 64.2 Å². The highest BCUT2D eigenvalue weighted by Crippen LogP contribution is 2.17. The number of nitrogens with zero attached hydrogens (tertiary/aromatic N) is 1. The Bertz CT molecular complexity index is 378. The normalized spacial score (nSPS) is 12.4. The quantitative estimate of drug-likeness (QED) is 0.144. The number of carbonyl (C=O) groups is 1. The monoisotopic (exact) mass is 443 g/mol. The zero-order valence-corrected chi connectivity index (χ0v) is 21.0. The van der Waals surface area contributed by atoms with Crippen molar-refractivity contribution >= 4 is 5.97 Å². The molecule has 1 atom stereocenters. The fraction of sp³-hybridized carbons (Fsp3) is 0.962. The van der Waals surface area contributed by atoms with Crippen LogP contribution >= 0.6 is 0 Å². The summed E-state index contributed by atoms with van der Waals surface area (Å²) in [5, 5.41) is 8.86. The van der Waals surface area contributed by atoms with Crippen molar-refractivity contribution in [1.82, 2.24) is 4.90 Å². The third kappa shape index (κ3) is 22.3. The van der Waals surface area contributed by atoms with Crippen LogP contribution in [0.4, 0.5) is 0 Å². The van der Waals surface area contributed by atoms with Gasteiger partial charge < -0.3 is 19.5 Å². The van der Waals surface area contributed by atoms with E-state index in [0.29, 0.717) is 6.61 Å². The van der Waals surface area contributed by atoms with Crippen molar-refractivity contribution in [3.63, 3.8) is 0 Å².